The lowest BCUT2D eigenvalue weighted by Gasteiger charge is -2.10. The van der Waals surface area contributed by atoms with Gasteiger partial charge in [-0.2, -0.15) is 0 Å². The maximum atomic E-state index is 12.4. The van der Waals surface area contributed by atoms with E-state index in [4.69, 9.17) is 0 Å². The van der Waals surface area contributed by atoms with Crippen molar-refractivity contribution in [2.24, 2.45) is 14.1 Å². The molecule has 0 spiro atoms. The molecule has 8 nitrogen and oxygen atoms in total. The van der Waals surface area contributed by atoms with E-state index < -0.39 is 29.3 Å². The van der Waals surface area contributed by atoms with Gasteiger partial charge < -0.3 is 10.1 Å². The first-order valence-electron chi connectivity index (χ1n) is 7.81. The van der Waals surface area contributed by atoms with Gasteiger partial charge in [-0.15, -0.1) is 13.2 Å². The van der Waals surface area contributed by atoms with Gasteiger partial charge in [0.1, 0.15) is 17.1 Å². The Morgan fingerprint density at radius 2 is 1.68 bits per heavy atom. The Bertz CT molecular complexity index is 1180. The van der Waals surface area contributed by atoms with Gasteiger partial charge in [0, 0.05) is 19.8 Å². The second kappa shape index (κ2) is 6.83. The number of carbonyl (C=O) groups excluding carboxylic acids is 1. The van der Waals surface area contributed by atoms with Gasteiger partial charge in [0.25, 0.3) is 11.5 Å². The predicted molar refractivity (Wildman–Crippen MR) is 93.3 cm³/mol. The van der Waals surface area contributed by atoms with Crippen LogP contribution in [0.4, 0.5) is 18.9 Å². The summed E-state index contributed by atoms with van der Waals surface area (Å²) in [6.45, 7) is 0. The number of aromatic nitrogens is 3. The molecule has 28 heavy (non-hydrogen) atoms. The van der Waals surface area contributed by atoms with Crippen LogP contribution >= 0.6 is 0 Å². The quantitative estimate of drug-likeness (QED) is 0.731. The smallest absolute Gasteiger partial charge is 0.406 e. The summed E-state index contributed by atoms with van der Waals surface area (Å²) in [5.74, 6) is -1.10. The van der Waals surface area contributed by atoms with Gasteiger partial charge in [-0.1, -0.05) is 0 Å². The average molecular weight is 394 g/mol. The summed E-state index contributed by atoms with van der Waals surface area (Å²) in [4.78, 5) is 40.5. The Kier molecular flexibility index (Phi) is 4.67. The zero-order valence-electron chi connectivity index (χ0n) is 14.6. The number of amides is 1. The van der Waals surface area contributed by atoms with E-state index in [2.05, 4.69) is 15.0 Å². The van der Waals surface area contributed by atoms with Crippen molar-refractivity contribution in [2.45, 2.75) is 6.36 Å². The summed E-state index contributed by atoms with van der Waals surface area (Å²) in [5, 5.41) is 2.63. The molecule has 0 aliphatic heterocycles. The fraction of sp³-hybridized carbons (Fsp3) is 0.176. The van der Waals surface area contributed by atoms with Crippen LogP contribution in [0.3, 0.4) is 0 Å². The Labute approximate surface area is 154 Å². The molecule has 2 heterocycles. The number of fused-ring (bicyclic) bond motifs is 1. The summed E-state index contributed by atoms with van der Waals surface area (Å²) in [6.07, 6.45) is -4.81. The number of ether oxygens (including phenoxy) is 1. The van der Waals surface area contributed by atoms with Crippen molar-refractivity contribution in [2.75, 3.05) is 5.32 Å². The van der Waals surface area contributed by atoms with Crippen LogP contribution in [-0.4, -0.2) is 26.4 Å². The highest BCUT2D eigenvalue weighted by Gasteiger charge is 2.31. The summed E-state index contributed by atoms with van der Waals surface area (Å²) in [5.41, 5.74) is -0.971. The van der Waals surface area contributed by atoms with Crippen molar-refractivity contribution in [3.63, 3.8) is 0 Å². The third kappa shape index (κ3) is 3.72. The van der Waals surface area contributed by atoms with Gasteiger partial charge in [-0.05, 0) is 36.4 Å². The number of hydrogen-bond donors (Lipinski definition) is 1. The van der Waals surface area contributed by atoms with Crippen molar-refractivity contribution in [1.29, 1.82) is 0 Å². The lowest BCUT2D eigenvalue weighted by atomic mass is 10.2. The topological polar surface area (TPSA) is 95.2 Å². The molecule has 2 aromatic heterocycles. The summed E-state index contributed by atoms with van der Waals surface area (Å²) in [7, 11) is 2.75. The Morgan fingerprint density at radius 1 is 1.04 bits per heavy atom. The molecule has 0 aliphatic rings. The van der Waals surface area contributed by atoms with Crippen LogP contribution in [0.2, 0.25) is 0 Å². The van der Waals surface area contributed by atoms with Crippen LogP contribution in [0, 0.1) is 0 Å². The highest BCUT2D eigenvalue weighted by molar-refractivity contribution is 6.03. The van der Waals surface area contributed by atoms with Crippen LogP contribution in [0.5, 0.6) is 5.75 Å². The van der Waals surface area contributed by atoms with Gasteiger partial charge >= 0.3 is 12.1 Å². The molecule has 1 amide bonds. The highest BCUT2D eigenvalue weighted by atomic mass is 19.4. The van der Waals surface area contributed by atoms with E-state index in [0.29, 0.717) is 0 Å². The minimum atomic E-state index is -4.81. The monoisotopic (exact) mass is 394 g/mol. The van der Waals surface area contributed by atoms with E-state index in [-0.39, 0.29) is 22.4 Å². The molecule has 3 rings (SSSR count). The van der Waals surface area contributed by atoms with Crippen molar-refractivity contribution in [3.05, 3.63) is 62.9 Å². The molecule has 0 unspecified atom stereocenters. The summed E-state index contributed by atoms with van der Waals surface area (Å²) >= 11 is 0. The van der Waals surface area contributed by atoms with Gasteiger partial charge in [0.05, 0.1) is 5.39 Å². The molecule has 0 saturated heterocycles. The van der Waals surface area contributed by atoms with Gasteiger partial charge in [-0.3, -0.25) is 18.7 Å². The lowest BCUT2D eigenvalue weighted by Crippen LogP contribution is -2.37. The van der Waals surface area contributed by atoms with E-state index in [1.54, 1.807) is 0 Å². The van der Waals surface area contributed by atoms with Gasteiger partial charge in [0.15, 0.2) is 0 Å². The average Bonchev–Trinajstić information content (AvgIpc) is 2.64. The Morgan fingerprint density at radius 3 is 2.29 bits per heavy atom. The zero-order valence-corrected chi connectivity index (χ0v) is 14.6. The predicted octanol–water partition coefficient (Wildman–Crippen LogP) is 1.78. The van der Waals surface area contributed by atoms with Crippen LogP contribution in [0.1, 0.15) is 10.5 Å². The molecule has 0 atom stereocenters. The molecule has 11 heteroatoms. The summed E-state index contributed by atoms with van der Waals surface area (Å²) < 4.78 is 42.3. The number of nitrogens with one attached hydrogen (secondary N) is 1. The Balaban J connectivity index is 1.88. The lowest BCUT2D eigenvalue weighted by molar-refractivity contribution is -0.274. The SMILES string of the molecule is Cn1c(=O)c2ccc(C(=O)Nc3ccc(OC(F)(F)F)cc3)nc2n(C)c1=O. The third-order valence-electron chi connectivity index (χ3n) is 3.88. The van der Waals surface area contributed by atoms with E-state index in [0.717, 1.165) is 21.3 Å². The largest absolute Gasteiger partial charge is 0.573 e. The molecular formula is C17H13F3N4O4. The number of anilines is 1. The van der Waals surface area contributed by atoms with E-state index >= 15 is 0 Å². The number of hydrogen-bond acceptors (Lipinski definition) is 5. The zero-order chi connectivity index (χ0) is 20.6. The maximum Gasteiger partial charge on any atom is 0.573 e. The van der Waals surface area contributed by atoms with Crippen molar-refractivity contribution < 1.29 is 22.7 Å². The van der Waals surface area contributed by atoms with Crippen LogP contribution < -0.4 is 21.3 Å². The second-order valence-electron chi connectivity index (χ2n) is 5.80. The number of nitrogens with zero attached hydrogens (tertiary/aromatic N) is 3. The molecule has 0 aliphatic carbocycles. The molecule has 0 saturated carbocycles. The summed E-state index contributed by atoms with van der Waals surface area (Å²) in [6, 6.07) is 7.23. The maximum absolute atomic E-state index is 12.4. The molecule has 146 valence electrons. The number of alkyl halides is 3. The molecule has 0 bridgehead atoms. The number of aryl methyl sites for hydroxylation is 1. The van der Waals surface area contributed by atoms with Crippen molar-refractivity contribution in [1.82, 2.24) is 14.1 Å². The van der Waals surface area contributed by atoms with E-state index in [9.17, 15) is 27.6 Å². The fourth-order valence-corrected chi connectivity index (χ4v) is 2.52. The van der Waals surface area contributed by atoms with E-state index in [1.165, 1.54) is 38.4 Å². The van der Waals surface area contributed by atoms with E-state index in [1.807, 2.05) is 0 Å². The molecule has 0 fully saturated rings. The number of halogens is 3. The highest BCUT2D eigenvalue weighted by Crippen LogP contribution is 2.24. The molecule has 1 N–H and O–H groups in total. The van der Waals surface area contributed by atoms with Crippen molar-refractivity contribution >= 4 is 22.6 Å². The molecule has 1 aromatic carbocycles. The number of rotatable bonds is 3. The number of pyridine rings is 1. The minimum absolute atomic E-state index is 0.0367. The van der Waals surface area contributed by atoms with Crippen LogP contribution in [0.25, 0.3) is 11.0 Å². The van der Waals surface area contributed by atoms with Gasteiger partial charge in [0.2, 0.25) is 0 Å². The molecule has 3 aromatic rings. The van der Waals surface area contributed by atoms with Crippen LogP contribution in [0.15, 0.2) is 46.0 Å². The normalized spacial score (nSPS) is 11.5. The standard InChI is InChI=1S/C17H13F3N4O4/c1-23-13-11(15(26)24(2)16(23)27)7-8-12(22-13)14(25)21-9-3-5-10(6-4-9)28-17(18,19)20/h3-8H,1-2H3,(H,21,25). The van der Waals surface area contributed by atoms with Crippen molar-refractivity contribution in [3.8, 4) is 5.75 Å². The minimum Gasteiger partial charge on any atom is -0.406 e. The van der Waals surface area contributed by atoms with Crippen LogP contribution in [-0.2, 0) is 14.1 Å². The molecular weight excluding hydrogens is 381 g/mol. The molecule has 0 radical (unpaired) electrons. The number of carbonyl (C=O) groups is 1. The fourth-order valence-electron chi connectivity index (χ4n) is 2.52. The first-order chi connectivity index (χ1) is 13.1. The first kappa shape index (κ1) is 19.1. The second-order valence-corrected chi connectivity index (χ2v) is 5.80. The number of benzene rings is 1. The first-order valence-corrected chi connectivity index (χ1v) is 7.81. The third-order valence-corrected chi connectivity index (χ3v) is 3.88. The Hall–Kier alpha value is -3.63. The van der Waals surface area contributed by atoms with Gasteiger partial charge in [-0.25, -0.2) is 9.78 Å².